The molecule has 0 saturated heterocycles. The lowest BCUT2D eigenvalue weighted by Crippen LogP contribution is -2.57. The molecule has 1 amide bonds. The van der Waals surface area contributed by atoms with Crippen LogP contribution in [0.1, 0.15) is 41.0 Å². The van der Waals surface area contributed by atoms with Gasteiger partial charge < -0.3 is 16.2 Å². The van der Waals surface area contributed by atoms with E-state index < -0.39 is 11.0 Å². The molecular weight excluding hydrogens is 192 g/mol. The van der Waals surface area contributed by atoms with Gasteiger partial charge >= 0.3 is 0 Å². The summed E-state index contributed by atoms with van der Waals surface area (Å²) in [5.41, 5.74) is 4.70. The number of rotatable bonds is 5. The minimum Gasteiger partial charge on any atom is -0.394 e. The van der Waals surface area contributed by atoms with Crippen LogP contribution in [0.4, 0.5) is 0 Å². The van der Waals surface area contributed by atoms with Gasteiger partial charge in [0.15, 0.2) is 0 Å². The summed E-state index contributed by atoms with van der Waals surface area (Å²) in [5, 5.41) is 11.8. The maximum absolute atomic E-state index is 11.9. The zero-order valence-electron chi connectivity index (χ0n) is 10.4. The molecule has 0 aromatic rings. The lowest BCUT2D eigenvalue weighted by atomic mass is 9.74. The van der Waals surface area contributed by atoms with Gasteiger partial charge in [0.05, 0.1) is 18.1 Å². The molecule has 1 atom stereocenters. The number of carbonyl (C=O) groups excluding carboxylic acids is 1. The molecule has 0 heterocycles. The molecule has 15 heavy (non-hydrogen) atoms. The molecule has 0 unspecified atom stereocenters. The predicted octanol–water partition coefficient (Wildman–Crippen LogP) is 0.637. The van der Waals surface area contributed by atoms with Crippen molar-refractivity contribution in [2.24, 2.45) is 11.1 Å². The van der Waals surface area contributed by atoms with Crippen molar-refractivity contribution >= 4 is 5.91 Å². The molecular formula is C11H24N2O2. The van der Waals surface area contributed by atoms with Gasteiger partial charge in [-0.1, -0.05) is 6.92 Å². The minimum absolute atomic E-state index is 0.0384. The van der Waals surface area contributed by atoms with E-state index >= 15 is 0 Å². The fraction of sp³-hybridized carbons (Fsp3) is 0.909. The molecule has 0 fully saturated rings. The van der Waals surface area contributed by atoms with Gasteiger partial charge in [-0.3, -0.25) is 4.79 Å². The molecule has 0 radical (unpaired) electrons. The first-order valence-electron chi connectivity index (χ1n) is 5.37. The standard InChI is InChI=1S/C11H24N2O2/c1-6-8(7-14)13-9(15)10(2,3)11(4,5)12/h8,14H,6-7,12H2,1-5H3,(H,13,15)/t8-/m1/s1. The van der Waals surface area contributed by atoms with E-state index in [4.69, 9.17) is 10.8 Å². The van der Waals surface area contributed by atoms with E-state index in [0.717, 1.165) is 0 Å². The maximum Gasteiger partial charge on any atom is 0.227 e. The molecule has 0 saturated carbocycles. The van der Waals surface area contributed by atoms with Crippen molar-refractivity contribution in [2.45, 2.75) is 52.6 Å². The summed E-state index contributed by atoms with van der Waals surface area (Å²) >= 11 is 0. The fourth-order valence-electron chi connectivity index (χ4n) is 0.935. The summed E-state index contributed by atoms with van der Waals surface area (Å²) in [7, 11) is 0. The molecule has 0 aromatic carbocycles. The van der Waals surface area contributed by atoms with Crippen LogP contribution < -0.4 is 11.1 Å². The van der Waals surface area contributed by atoms with E-state index in [1.165, 1.54) is 0 Å². The third-order valence-corrected chi connectivity index (χ3v) is 3.23. The normalized spacial score (nSPS) is 14.9. The second-order valence-electron chi connectivity index (χ2n) is 5.11. The number of nitrogens with one attached hydrogen (secondary N) is 1. The fourth-order valence-corrected chi connectivity index (χ4v) is 0.935. The molecule has 0 aliphatic rings. The van der Waals surface area contributed by atoms with Crippen LogP contribution >= 0.6 is 0 Å². The zero-order chi connectivity index (χ0) is 12.3. The first kappa shape index (κ1) is 14.4. The van der Waals surface area contributed by atoms with Gasteiger partial charge in [0, 0.05) is 5.54 Å². The highest BCUT2D eigenvalue weighted by atomic mass is 16.3. The summed E-state index contributed by atoms with van der Waals surface area (Å²) in [4.78, 5) is 11.9. The van der Waals surface area contributed by atoms with Gasteiger partial charge in [0.1, 0.15) is 0 Å². The van der Waals surface area contributed by atoms with E-state index in [-0.39, 0.29) is 18.6 Å². The van der Waals surface area contributed by atoms with Crippen molar-refractivity contribution in [3.05, 3.63) is 0 Å². The highest BCUT2D eigenvalue weighted by Gasteiger charge is 2.40. The largest absolute Gasteiger partial charge is 0.394 e. The SMILES string of the molecule is CC[C@H](CO)NC(=O)C(C)(C)C(C)(C)N. The van der Waals surface area contributed by atoms with Crippen LogP contribution in [0.15, 0.2) is 0 Å². The Morgan fingerprint density at radius 1 is 1.40 bits per heavy atom. The second kappa shape index (κ2) is 4.94. The first-order chi connectivity index (χ1) is 6.66. The maximum atomic E-state index is 11.9. The Morgan fingerprint density at radius 3 is 2.13 bits per heavy atom. The Hall–Kier alpha value is -0.610. The number of aliphatic hydroxyl groups is 1. The van der Waals surface area contributed by atoms with Crippen LogP contribution in [0.5, 0.6) is 0 Å². The highest BCUT2D eigenvalue weighted by molar-refractivity contribution is 5.83. The van der Waals surface area contributed by atoms with E-state index in [0.29, 0.717) is 6.42 Å². The number of aliphatic hydroxyl groups excluding tert-OH is 1. The Labute approximate surface area is 92.2 Å². The number of hydrogen-bond acceptors (Lipinski definition) is 3. The van der Waals surface area contributed by atoms with Crippen molar-refractivity contribution in [3.8, 4) is 0 Å². The van der Waals surface area contributed by atoms with Crippen molar-refractivity contribution in [1.82, 2.24) is 5.32 Å². The van der Waals surface area contributed by atoms with Crippen molar-refractivity contribution in [2.75, 3.05) is 6.61 Å². The molecule has 90 valence electrons. The molecule has 4 N–H and O–H groups in total. The van der Waals surface area contributed by atoms with Crippen molar-refractivity contribution < 1.29 is 9.90 Å². The van der Waals surface area contributed by atoms with Crippen LogP contribution in [0.25, 0.3) is 0 Å². The van der Waals surface area contributed by atoms with Crippen LogP contribution in [-0.2, 0) is 4.79 Å². The summed E-state index contributed by atoms with van der Waals surface area (Å²) in [6, 6.07) is -0.181. The first-order valence-corrected chi connectivity index (χ1v) is 5.37. The van der Waals surface area contributed by atoms with E-state index in [9.17, 15) is 4.79 Å². The predicted molar refractivity (Wildman–Crippen MR) is 61.4 cm³/mol. The van der Waals surface area contributed by atoms with E-state index in [1.807, 2.05) is 34.6 Å². The van der Waals surface area contributed by atoms with Crippen LogP contribution in [-0.4, -0.2) is 29.2 Å². The Balaban J connectivity index is 4.58. The second-order valence-corrected chi connectivity index (χ2v) is 5.11. The number of amides is 1. The molecule has 4 nitrogen and oxygen atoms in total. The summed E-state index contributed by atoms with van der Waals surface area (Å²) in [6.45, 7) is 9.16. The van der Waals surface area contributed by atoms with Gasteiger partial charge in [-0.2, -0.15) is 0 Å². The van der Waals surface area contributed by atoms with Crippen molar-refractivity contribution in [1.29, 1.82) is 0 Å². The van der Waals surface area contributed by atoms with Gasteiger partial charge in [0.2, 0.25) is 5.91 Å². The average Bonchev–Trinajstić information content (AvgIpc) is 2.11. The van der Waals surface area contributed by atoms with Crippen molar-refractivity contribution in [3.63, 3.8) is 0 Å². The van der Waals surface area contributed by atoms with Gasteiger partial charge in [0.25, 0.3) is 0 Å². The Morgan fingerprint density at radius 2 is 1.87 bits per heavy atom. The average molecular weight is 216 g/mol. The van der Waals surface area contributed by atoms with Crippen LogP contribution in [0.3, 0.4) is 0 Å². The van der Waals surface area contributed by atoms with Gasteiger partial charge in [-0.05, 0) is 34.1 Å². The lowest BCUT2D eigenvalue weighted by Gasteiger charge is -2.37. The molecule has 0 aliphatic heterocycles. The summed E-state index contributed by atoms with van der Waals surface area (Å²) < 4.78 is 0. The molecule has 0 aromatic heterocycles. The summed E-state index contributed by atoms with van der Waals surface area (Å²) in [5.74, 6) is -0.115. The quantitative estimate of drug-likeness (QED) is 0.631. The van der Waals surface area contributed by atoms with Gasteiger partial charge in [-0.25, -0.2) is 0 Å². The van der Waals surface area contributed by atoms with E-state index in [1.54, 1.807) is 0 Å². The smallest absolute Gasteiger partial charge is 0.227 e. The molecule has 0 aliphatic carbocycles. The minimum atomic E-state index is -0.657. The molecule has 4 heteroatoms. The molecule has 0 rings (SSSR count). The molecule has 0 bridgehead atoms. The van der Waals surface area contributed by atoms with Crippen LogP contribution in [0, 0.1) is 5.41 Å². The number of nitrogens with two attached hydrogens (primary N) is 1. The highest BCUT2D eigenvalue weighted by Crippen LogP contribution is 2.28. The number of carbonyl (C=O) groups is 1. The van der Waals surface area contributed by atoms with E-state index in [2.05, 4.69) is 5.32 Å². The monoisotopic (exact) mass is 216 g/mol. The van der Waals surface area contributed by atoms with Gasteiger partial charge in [-0.15, -0.1) is 0 Å². The Kier molecular flexibility index (Phi) is 4.74. The summed E-state index contributed by atoms with van der Waals surface area (Å²) in [6.07, 6.45) is 0.712. The van der Waals surface area contributed by atoms with Crippen LogP contribution in [0.2, 0.25) is 0 Å². The topological polar surface area (TPSA) is 75.3 Å². The Bertz CT molecular complexity index is 215. The lowest BCUT2D eigenvalue weighted by molar-refractivity contribution is -0.133. The molecule has 0 spiro atoms. The third-order valence-electron chi connectivity index (χ3n) is 3.23. The number of hydrogen-bond donors (Lipinski definition) is 3. The zero-order valence-corrected chi connectivity index (χ0v) is 10.4. The third kappa shape index (κ3) is 3.47.